The summed E-state index contributed by atoms with van der Waals surface area (Å²) >= 11 is 3.23. The molecular weight excluding hydrogens is 330 g/mol. The van der Waals surface area contributed by atoms with Crippen LogP contribution in [0.4, 0.5) is 11.5 Å². The second kappa shape index (κ2) is 5.18. The van der Waals surface area contributed by atoms with Gasteiger partial charge in [0, 0.05) is 6.20 Å². The van der Waals surface area contributed by atoms with E-state index >= 15 is 0 Å². The van der Waals surface area contributed by atoms with Crippen LogP contribution >= 0.6 is 15.9 Å². The van der Waals surface area contributed by atoms with Crippen LogP contribution in [0.1, 0.15) is 5.56 Å². The lowest BCUT2D eigenvalue weighted by Gasteiger charge is -2.10. The molecule has 0 spiro atoms. The maximum absolute atomic E-state index is 12.2. The van der Waals surface area contributed by atoms with Gasteiger partial charge in [-0.3, -0.25) is 4.72 Å². The third-order valence-electron chi connectivity index (χ3n) is 2.44. The van der Waals surface area contributed by atoms with Crippen LogP contribution < -0.4 is 10.5 Å². The molecule has 1 aromatic heterocycles. The van der Waals surface area contributed by atoms with Crippen LogP contribution in [-0.2, 0) is 10.0 Å². The van der Waals surface area contributed by atoms with E-state index in [2.05, 4.69) is 25.6 Å². The lowest BCUT2D eigenvalue weighted by Crippen LogP contribution is -2.16. The summed E-state index contributed by atoms with van der Waals surface area (Å²) in [7, 11) is -3.75. The van der Waals surface area contributed by atoms with Crippen molar-refractivity contribution in [2.45, 2.75) is 11.8 Å². The second-order valence-corrected chi connectivity index (χ2v) is 6.49. The van der Waals surface area contributed by atoms with Crippen molar-refractivity contribution >= 4 is 37.5 Å². The number of sulfonamides is 1. The maximum atomic E-state index is 12.2. The van der Waals surface area contributed by atoms with Gasteiger partial charge in [0.05, 0.1) is 10.2 Å². The van der Waals surface area contributed by atoms with Gasteiger partial charge in [-0.25, -0.2) is 13.4 Å². The molecule has 1 heterocycles. The van der Waals surface area contributed by atoms with Gasteiger partial charge in [0.1, 0.15) is 4.90 Å². The van der Waals surface area contributed by atoms with Crippen molar-refractivity contribution in [3.05, 3.63) is 46.6 Å². The summed E-state index contributed by atoms with van der Waals surface area (Å²) in [5, 5.41) is 0. The maximum Gasteiger partial charge on any atom is 0.265 e. The van der Waals surface area contributed by atoms with Crippen molar-refractivity contribution in [1.82, 2.24) is 4.98 Å². The van der Waals surface area contributed by atoms with Crippen molar-refractivity contribution in [2.24, 2.45) is 0 Å². The van der Waals surface area contributed by atoms with Gasteiger partial charge < -0.3 is 5.73 Å². The zero-order chi connectivity index (χ0) is 14.0. The Labute approximate surface area is 120 Å². The molecule has 0 fully saturated rings. The highest BCUT2D eigenvalue weighted by atomic mass is 79.9. The lowest BCUT2D eigenvalue weighted by molar-refractivity contribution is 0.601. The highest BCUT2D eigenvalue weighted by Crippen LogP contribution is 2.25. The minimum absolute atomic E-state index is 0.0376. The first-order chi connectivity index (χ1) is 8.90. The summed E-state index contributed by atoms with van der Waals surface area (Å²) in [5.41, 5.74) is 6.85. The molecule has 0 radical (unpaired) electrons. The molecule has 0 unspecified atom stereocenters. The Morgan fingerprint density at radius 2 is 2.05 bits per heavy atom. The highest BCUT2D eigenvalue weighted by Gasteiger charge is 2.19. The first-order valence-corrected chi connectivity index (χ1v) is 7.67. The first kappa shape index (κ1) is 13.8. The van der Waals surface area contributed by atoms with E-state index in [0.29, 0.717) is 4.47 Å². The Hall–Kier alpha value is -1.60. The van der Waals surface area contributed by atoms with Gasteiger partial charge in [0.25, 0.3) is 10.0 Å². The first-order valence-electron chi connectivity index (χ1n) is 5.39. The van der Waals surface area contributed by atoms with Crippen LogP contribution in [0.2, 0.25) is 0 Å². The van der Waals surface area contributed by atoms with E-state index in [1.165, 1.54) is 12.3 Å². The largest absolute Gasteiger partial charge is 0.398 e. The van der Waals surface area contributed by atoms with Crippen molar-refractivity contribution in [3.8, 4) is 0 Å². The molecule has 2 aromatic rings. The van der Waals surface area contributed by atoms with E-state index in [0.717, 1.165) is 5.56 Å². The van der Waals surface area contributed by atoms with Gasteiger partial charge in [-0.05, 0) is 52.7 Å². The van der Waals surface area contributed by atoms with Gasteiger partial charge in [-0.2, -0.15) is 0 Å². The minimum atomic E-state index is -3.75. The summed E-state index contributed by atoms with van der Waals surface area (Å²) in [6.45, 7) is 1.84. The quantitative estimate of drug-likeness (QED) is 0.840. The molecule has 2 rings (SSSR count). The molecule has 0 bridgehead atoms. The van der Waals surface area contributed by atoms with Gasteiger partial charge in [0.15, 0.2) is 5.82 Å². The average Bonchev–Trinajstić information content (AvgIpc) is 2.31. The molecule has 3 N–H and O–H groups in total. The third-order valence-corrected chi connectivity index (χ3v) is 4.50. The number of nitrogens with one attached hydrogen (secondary N) is 1. The predicted octanol–water partition coefficient (Wildman–Crippen LogP) is 2.54. The number of hydrogen-bond donors (Lipinski definition) is 2. The molecular formula is C12H12BrN3O2S. The summed E-state index contributed by atoms with van der Waals surface area (Å²) in [4.78, 5) is 4.00. The Kier molecular flexibility index (Phi) is 3.77. The Morgan fingerprint density at radius 3 is 2.68 bits per heavy atom. The number of aryl methyl sites for hydroxylation is 1. The number of nitrogens with two attached hydrogens (primary N) is 1. The van der Waals surface area contributed by atoms with E-state index in [4.69, 9.17) is 5.73 Å². The van der Waals surface area contributed by atoms with Crippen LogP contribution in [0.5, 0.6) is 0 Å². The summed E-state index contributed by atoms with van der Waals surface area (Å²) in [6, 6.07) is 8.18. The van der Waals surface area contributed by atoms with E-state index in [-0.39, 0.29) is 16.4 Å². The van der Waals surface area contributed by atoms with E-state index in [9.17, 15) is 8.42 Å². The molecule has 100 valence electrons. The van der Waals surface area contributed by atoms with E-state index < -0.39 is 10.0 Å². The number of anilines is 2. The van der Waals surface area contributed by atoms with Crippen molar-refractivity contribution in [1.29, 1.82) is 0 Å². The fraction of sp³-hybridized carbons (Fsp3) is 0.0833. The number of benzene rings is 1. The van der Waals surface area contributed by atoms with Crippen molar-refractivity contribution in [3.63, 3.8) is 0 Å². The number of aromatic nitrogens is 1. The van der Waals surface area contributed by atoms with E-state index in [1.807, 2.05) is 6.92 Å². The molecule has 7 heteroatoms. The number of nitrogen functional groups attached to an aromatic ring is 1. The monoisotopic (exact) mass is 341 g/mol. The molecule has 0 aliphatic rings. The molecule has 0 saturated carbocycles. The smallest absolute Gasteiger partial charge is 0.265 e. The molecule has 0 aliphatic carbocycles. The standard InChI is InChI=1S/C12H12BrN3O2S/c1-8-4-5-11(10(14)7-8)19(17,18)16-12-9(13)3-2-6-15-12/h2-7H,14H2,1H3,(H,15,16). The van der Waals surface area contributed by atoms with Gasteiger partial charge in [0.2, 0.25) is 0 Å². The van der Waals surface area contributed by atoms with E-state index in [1.54, 1.807) is 24.3 Å². The molecule has 0 amide bonds. The van der Waals surface area contributed by atoms with Gasteiger partial charge in [-0.1, -0.05) is 6.07 Å². The number of pyridine rings is 1. The molecule has 19 heavy (non-hydrogen) atoms. The Balaban J connectivity index is 2.41. The van der Waals surface area contributed by atoms with Crippen LogP contribution in [-0.4, -0.2) is 13.4 Å². The molecule has 0 atom stereocenters. The third kappa shape index (κ3) is 3.05. The van der Waals surface area contributed by atoms with Gasteiger partial charge >= 0.3 is 0 Å². The zero-order valence-corrected chi connectivity index (χ0v) is 12.5. The minimum Gasteiger partial charge on any atom is -0.398 e. The normalized spacial score (nSPS) is 11.3. The lowest BCUT2D eigenvalue weighted by atomic mass is 10.2. The number of hydrogen-bond acceptors (Lipinski definition) is 4. The van der Waals surface area contributed by atoms with Crippen LogP contribution in [0.25, 0.3) is 0 Å². The molecule has 1 aromatic carbocycles. The Morgan fingerprint density at radius 1 is 1.32 bits per heavy atom. The predicted molar refractivity (Wildman–Crippen MR) is 78.3 cm³/mol. The fourth-order valence-corrected chi connectivity index (χ4v) is 3.18. The van der Waals surface area contributed by atoms with Crippen molar-refractivity contribution in [2.75, 3.05) is 10.5 Å². The van der Waals surface area contributed by atoms with Crippen LogP contribution in [0, 0.1) is 6.92 Å². The molecule has 0 aliphatic heterocycles. The second-order valence-electron chi connectivity index (χ2n) is 3.98. The summed E-state index contributed by atoms with van der Waals surface area (Å²) in [5.74, 6) is 0.225. The Bertz CT molecular complexity index is 717. The van der Waals surface area contributed by atoms with Crippen LogP contribution in [0.3, 0.4) is 0 Å². The zero-order valence-electron chi connectivity index (χ0n) is 10.1. The molecule has 0 saturated heterocycles. The fourth-order valence-electron chi connectivity index (χ4n) is 1.56. The summed E-state index contributed by atoms with van der Waals surface area (Å²) < 4.78 is 27.4. The SMILES string of the molecule is Cc1ccc(S(=O)(=O)Nc2ncccc2Br)c(N)c1. The van der Waals surface area contributed by atoms with Gasteiger partial charge in [-0.15, -0.1) is 0 Å². The highest BCUT2D eigenvalue weighted by molar-refractivity contribution is 9.10. The summed E-state index contributed by atoms with van der Waals surface area (Å²) in [6.07, 6.45) is 1.50. The molecule has 5 nitrogen and oxygen atoms in total. The topological polar surface area (TPSA) is 85.1 Å². The average molecular weight is 342 g/mol. The number of halogens is 1. The number of rotatable bonds is 3. The van der Waals surface area contributed by atoms with Crippen molar-refractivity contribution < 1.29 is 8.42 Å². The van der Waals surface area contributed by atoms with Crippen LogP contribution in [0.15, 0.2) is 45.9 Å². The number of nitrogens with zero attached hydrogens (tertiary/aromatic N) is 1.